The Labute approximate surface area is 316 Å². The highest BCUT2D eigenvalue weighted by Gasteiger charge is 2.45. The van der Waals surface area contributed by atoms with Gasteiger partial charge in [-0.25, -0.2) is 24.3 Å². The number of aromatic nitrogens is 5. The van der Waals surface area contributed by atoms with E-state index in [1.807, 2.05) is 79.9 Å². The van der Waals surface area contributed by atoms with Gasteiger partial charge in [-0.15, -0.1) is 11.3 Å². The lowest BCUT2D eigenvalue weighted by Crippen LogP contribution is -2.49. The summed E-state index contributed by atoms with van der Waals surface area (Å²) in [5.74, 6) is -0.0606. The van der Waals surface area contributed by atoms with E-state index in [2.05, 4.69) is 52.6 Å². The Morgan fingerprint density at radius 1 is 0.830 bits per heavy atom. The number of hydrogen-bond donors (Lipinski definition) is 1. The SMILES string of the molecule is Cc1ccc(-c2nc(-c3cn(C(c4ccccc4)(c4ccccc4)c4ccccc4)c4nc(Cl)cnc34)nc(NC3C4CCC(CC4)C3[C]=O)c2F)s1. The average Bonchev–Trinajstić information content (AvgIpc) is 3.81. The number of halogens is 2. The van der Waals surface area contributed by atoms with Crippen molar-refractivity contribution in [3.8, 4) is 22.0 Å². The summed E-state index contributed by atoms with van der Waals surface area (Å²) in [4.78, 5) is 33.7. The number of aryl methyl sites for hydroxylation is 1. The highest BCUT2D eigenvalue weighted by atomic mass is 35.5. The lowest BCUT2D eigenvalue weighted by atomic mass is 9.62. The molecule has 1 N–H and O–H groups in total. The summed E-state index contributed by atoms with van der Waals surface area (Å²) in [5.41, 5.74) is 3.81. The minimum absolute atomic E-state index is 0.0668. The van der Waals surface area contributed by atoms with Crippen LogP contribution in [-0.2, 0) is 10.3 Å². The molecule has 0 saturated heterocycles. The summed E-state index contributed by atoms with van der Waals surface area (Å²) in [7, 11) is 0. The highest BCUT2D eigenvalue weighted by molar-refractivity contribution is 7.15. The number of anilines is 1. The van der Waals surface area contributed by atoms with Gasteiger partial charge in [0.25, 0.3) is 0 Å². The first kappa shape index (κ1) is 33.6. The summed E-state index contributed by atoms with van der Waals surface area (Å²) in [6, 6.07) is 34.4. The molecule has 53 heavy (non-hydrogen) atoms. The first-order valence-electron chi connectivity index (χ1n) is 17.9. The fourth-order valence-electron chi connectivity index (χ4n) is 8.72. The predicted molar refractivity (Wildman–Crippen MR) is 208 cm³/mol. The molecule has 4 heterocycles. The molecule has 0 aliphatic heterocycles. The van der Waals surface area contributed by atoms with E-state index in [1.165, 1.54) is 17.5 Å². The zero-order valence-corrected chi connectivity index (χ0v) is 30.5. The number of hydrogen-bond acceptors (Lipinski definition) is 7. The van der Waals surface area contributed by atoms with Crippen LogP contribution in [-0.4, -0.2) is 36.8 Å². The molecule has 3 aromatic carbocycles. The van der Waals surface area contributed by atoms with Gasteiger partial charge < -0.3 is 9.88 Å². The van der Waals surface area contributed by atoms with E-state index >= 15 is 4.39 Å². The molecular formula is C43H35ClFN6OS. The second-order valence-electron chi connectivity index (χ2n) is 14.0. The van der Waals surface area contributed by atoms with Gasteiger partial charge in [-0.1, -0.05) is 103 Å². The molecule has 3 aliphatic carbocycles. The predicted octanol–water partition coefficient (Wildman–Crippen LogP) is 9.88. The topological polar surface area (TPSA) is 85.6 Å². The minimum Gasteiger partial charge on any atom is -0.364 e. The van der Waals surface area contributed by atoms with Crippen LogP contribution in [0, 0.1) is 30.5 Å². The molecule has 0 spiro atoms. The van der Waals surface area contributed by atoms with Gasteiger partial charge in [-0.3, -0.25) is 4.79 Å². The average molecular weight is 738 g/mol. The summed E-state index contributed by atoms with van der Waals surface area (Å²) < 4.78 is 18.9. The molecule has 10 rings (SSSR count). The Morgan fingerprint density at radius 3 is 2.00 bits per heavy atom. The van der Waals surface area contributed by atoms with Crippen molar-refractivity contribution >= 4 is 46.2 Å². The zero-order valence-electron chi connectivity index (χ0n) is 28.9. The number of rotatable bonds is 9. The van der Waals surface area contributed by atoms with Crippen molar-refractivity contribution in [2.75, 3.05) is 5.32 Å². The van der Waals surface area contributed by atoms with Gasteiger partial charge in [-0.2, -0.15) is 0 Å². The minimum atomic E-state index is -0.942. The number of fused-ring (bicyclic) bond motifs is 4. The van der Waals surface area contributed by atoms with Gasteiger partial charge in [0, 0.05) is 23.0 Å². The molecule has 1 radical (unpaired) electrons. The van der Waals surface area contributed by atoms with E-state index in [0.29, 0.717) is 21.6 Å². The first-order chi connectivity index (χ1) is 25.9. The largest absolute Gasteiger partial charge is 0.364 e. The maximum atomic E-state index is 16.8. The third-order valence-corrected chi connectivity index (χ3v) is 12.3. The maximum Gasteiger partial charge on any atom is 0.204 e. The third kappa shape index (κ3) is 5.65. The number of nitrogens with zero attached hydrogens (tertiary/aromatic N) is 5. The highest BCUT2D eigenvalue weighted by Crippen LogP contribution is 2.47. The van der Waals surface area contributed by atoms with Crippen LogP contribution in [0.2, 0.25) is 5.15 Å². The summed E-state index contributed by atoms with van der Waals surface area (Å²) >= 11 is 8.11. The molecule has 2 bridgehead atoms. The van der Waals surface area contributed by atoms with Gasteiger partial charge in [0.05, 0.1) is 16.6 Å². The standard InChI is InChI=1S/C43H35ClFN6OS/c1-26-17-22-34(53-26)39-36(45)41(48-37-28-20-18-27(19-21-28)33(37)25-52)50-40(49-39)32-24-51(42-38(32)46-23-35(44)47-42)43(29-11-5-2-6-12-29,30-13-7-3-8-14-30)31-15-9-4-10-16-31/h2-17,22-24,27-28,33,37H,18-21H2,1H3,(H,48,49,50). The molecular weight excluding hydrogens is 703 g/mol. The van der Waals surface area contributed by atoms with E-state index in [9.17, 15) is 4.79 Å². The Kier molecular flexibility index (Phi) is 8.63. The normalized spacial score (nSPS) is 19.8. The van der Waals surface area contributed by atoms with Gasteiger partial charge in [0.2, 0.25) is 6.29 Å². The van der Waals surface area contributed by atoms with Crippen LogP contribution in [0.1, 0.15) is 47.3 Å². The number of carbonyl (C=O) groups excluding carboxylic acids is 1. The van der Waals surface area contributed by atoms with Crippen molar-refractivity contribution in [2.24, 2.45) is 17.8 Å². The summed E-state index contributed by atoms with van der Waals surface area (Å²) in [5, 5.41) is 3.66. The smallest absolute Gasteiger partial charge is 0.204 e. The van der Waals surface area contributed by atoms with E-state index in [0.717, 1.165) is 47.3 Å². The molecule has 7 aromatic rings. The van der Waals surface area contributed by atoms with Crippen molar-refractivity contribution < 1.29 is 9.18 Å². The Bertz CT molecular complexity index is 2330. The Balaban J connectivity index is 1.32. The Morgan fingerprint density at radius 2 is 1.43 bits per heavy atom. The van der Waals surface area contributed by atoms with Crippen LogP contribution in [0.25, 0.3) is 33.1 Å². The summed E-state index contributed by atoms with van der Waals surface area (Å²) in [6.45, 7) is 1.99. The molecule has 10 heteroatoms. The molecule has 3 fully saturated rings. The van der Waals surface area contributed by atoms with E-state index < -0.39 is 11.4 Å². The van der Waals surface area contributed by atoms with Gasteiger partial charge in [0.15, 0.2) is 23.1 Å². The van der Waals surface area contributed by atoms with Crippen molar-refractivity contribution in [3.63, 3.8) is 0 Å². The summed E-state index contributed by atoms with van der Waals surface area (Å²) in [6.07, 6.45) is 9.75. The van der Waals surface area contributed by atoms with Gasteiger partial charge in [-0.05, 0) is 73.3 Å². The van der Waals surface area contributed by atoms with Crippen molar-refractivity contribution in [3.05, 3.63) is 148 Å². The second-order valence-corrected chi connectivity index (χ2v) is 15.7. The maximum absolute atomic E-state index is 16.8. The van der Waals surface area contributed by atoms with E-state index in [4.69, 9.17) is 31.5 Å². The third-order valence-electron chi connectivity index (χ3n) is 11.1. The van der Waals surface area contributed by atoms with Crippen LogP contribution in [0.4, 0.5) is 10.2 Å². The second kappa shape index (κ2) is 13.6. The fraction of sp³-hybridized carbons (Fsp3) is 0.233. The zero-order chi connectivity index (χ0) is 36.1. The molecule has 263 valence electrons. The first-order valence-corrected chi connectivity index (χ1v) is 19.1. The van der Waals surface area contributed by atoms with E-state index in [-0.39, 0.29) is 46.3 Å². The molecule has 2 atom stereocenters. The van der Waals surface area contributed by atoms with Crippen LogP contribution in [0.3, 0.4) is 0 Å². The Hall–Kier alpha value is -5.25. The quantitative estimate of drug-likeness (QED) is 0.149. The number of nitrogens with one attached hydrogen (secondary N) is 1. The lowest BCUT2D eigenvalue weighted by Gasteiger charge is -2.46. The molecule has 4 aromatic heterocycles. The van der Waals surface area contributed by atoms with Crippen molar-refractivity contribution in [2.45, 2.75) is 44.2 Å². The van der Waals surface area contributed by atoms with Gasteiger partial charge in [0.1, 0.15) is 21.9 Å². The molecule has 7 nitrogen and oxygen atoms in total. The lowest BCUT2D eigenvalue weighted by molar-refractivity contribution is 0.118. The van der Waals surface area contributed by atoms with Crippen molar-refractivity contribution in [1.82, 2.24) is 24.5 Å². The molecule has 3 saturated carbocycles. The van der Waals surface area contributed by atoms with Gasteiger partial charge >= 0.3 is 0 Å². The van der Waals surface area contributed by atoms with Crippen LogP contribution in [0.15, 0.2) is 116 Å². The number of benzene rings is 3. The number of thiophene rings is 1. The molecule has 2 unspecified atom stereocenters. The molecule has 3 aliphatic rings. The van der Waals surface area contributed by atoms with E-state index in [1.54, 1.807) is 0 Å². The molecule has 0 amide bonds. The monoisotopic (exact) mass is 737 g/mol. The van der Waals surface area contributed by atoms with Crippen LogP contribution < -0.4 is 5.32 Å². The van der Waals surface area contributed by atoms with Crippen LogP contribution >= 0.6 is 22.9 Å². The van der Waals surface area contributed by atoms with Crippen molar-refractivity contribution in [1.29, 1.82) is 0 Å². The fourth-order valence-corrected chi connectivity index (χ4v) is 9.70. The van der Waals surface area contributed by atoms with Crippen LogP contribution in [0.5, 0.6) is 0 Å².